The first-order valence-electron chi connectivity index (χ1n) is 8.36. The quantitative estimate of drug-likeness (QED) is 0.296. The normalized spacial score (nSPS) is 12.7. The molecule has 2 heterocycles. The fourth-order valence-corrected chi connectivity index (χ4v) is 2.83. The molecule has 26 heavy (non-hydrogen) atoms. The predicted octanol–water partition coefficient (Wildman–Crippen LogP) is 4.30. The average Bonchev–Trinajstić information content (AvgIpc) is 3.20. The summed E-state index contributed by atoms with van der Waals surface area (Å²) in [6, 6.07) is 8.71. The molecule has 3 N–H and O–H groups in total. The van der Waals surface area contributed by atoms with E-state index in [2.05, 4.69) is 20.6 Å². The number of aromatic nitrogens is 1. The SMILES string of the molecule is CN=C(NCCc1c[nH]c2ccc(F)cc12)NC(C)c1ccc(C)o1.I. The minimum Gasteiger partial charge on any atom is -0.464 e. The van der Waals surface area contributed by atoms with E-state index in [9.17, 15) is 4.39 Å². The number of aromatic amines is 1. The number of H-pyrrole nitrogens is 1. The summed E-state index contributed by atoms with van der Waals surface area (Å²) in [5.74, 6) is 2.24. The summed E-state index contributed by atoms with van der Waals surface area (Å²) < 4.78 is 19.1. The Hall–Kier alpha value is -2.03. The molecule has 3 rings (SSSR count). The summed E-state index contributed by atoms with van der Waals surface area (Å²) in [4.78, 5) is 7.41. The second kappa shape index (κ2) is 9.07. The highest BCUT2D eigenvalue weighted by atomic mass is 127. The van der Waals surface area contributed by atoms with Gasteiger partial charge in [0.2, 0.25) is 0 Å². The Morgan fingerprint density at radius 1 is 1.31 bits per heavy atom. The fourth-order valence-electron chi connectivity index (χ4n) is 2.83. The van der Waals surface area contributed by atoms with Gasteiger partial charge < -0.3 is 20.0 Å². The van der Waals surface area contributed by atoms with Gasteiger partial charge in [-0.05, 0) is 56.2 Å². The third kappa shape index (κ3) is 4.78. The number of hydrogen-bond donors (Lipinski definition) is 3. The second-order valence-electron chi connectivity index (χ2n) is 6.07. The third-order valence-electron chi connectivity index (χ3n) is 4.18. The zero-order valence-corrected chi connectivity index (χ0v) is 17.4. The summed E-state index contributed by atoms with van der Waals surface area (Å²) in [6.07, 6.45) is 2.69. The van der Waals surface area contributed by atoms with Crippen LogP contribution in [0.15, 0.2) is 45.9 Å². The van der Waals surface area contributed by atoms with Crippen molar-refractivity contribution in [2.24, 2.45) is 4.99 Å². The first-order valence-corrected chi connectivity index (χ1v) is 8.36. The highest BCUT2D eigenvalue weighted by Crippen LogP contribution is 2.19. The highest BCUT2D eigenvalue weighted by molar-refractivity contribution is 14.0. The van der Waals surface area contributed by atoms with E-state index in [1.165, 1.54) is 6.07 Å². The van der Waals surface area contributed by atoms with Gasteiger partial charge in [-0.2, -0.15) is 0 Å². The number of aliphatic imine (C=N–C) groups is 1. The molecule has 0 radical (unpaired) electrons. The molecule has 0 aliphatic heterocycles. The Morgan fingerprint density at radius 3 is 2.81 bits per heavy atom. The molecule has 0 aliphatic rings. The first-order chi connectivity index (χ1) is 12.1. The number of aryl methyl sites for hydroxylation is 1. The molecule has 1 atom stereocenters. The molecule has 0 spiro atoms. The van der Waals surface area contributed by atoms with Gasteiger partial charge in [-0.1, -0.05) is 0 Å². The lowest BCUT2D eigenvalue weighted by Gasteiger charge is -2.16. The number of benzene rings is 1. The molecule has 1 aromatic carbocycles. The minimum absolute atomic E-state index is 0. The van der Waals surface area contributed by atoms with Gasteiger partial charge in [0.1, 0.15) is 17.3 Å². The van der Waals surface area contributed by atoms with E-state index in [0.717, 1.165) is 34.4 Å². The molecule has 0 fully saturated rings. The highest BCUT2D eigenvalue weighted by Gasteiger charge is 2.11. The molecule has 0 saturated carbocycles. The Kier molecular flexibility index (Phi) is 7.07. The Morgan fingerprint density at radius 2 is 2.12 bits per heavy atom. The van der Waals surface area contributed by atoms with Crippen molar-refractivity contribution in [3.63, 3.8) is 0 Å². The van der Waals surface area contributed by atoms with Gasteiger partial charge in [0.05, 0.1) is 6.04 Å². The van der Waals surface area contributed by atoms with E-state index < -0.39 is 0 Å². The van der Waals surface area contributed by atoms with Gasteiger partial charge in [-0.15, -0.1) is 24.0 Å². The third-order valence-corrected chi connectivity index (χ3v) is 4.18. The Bertz CT molecular complexity index is 887. The van der Waals surface area contributed by atoms with Gasteiger partial charge in [0.25, 0.3) is 0 Å². The molecule has 2 aromatic heterocycles. The van der Waals surface area contributed by atoms with Crippen molar-refractivity contribution in [3.8, 4) is 0 Å². The summed E-state index contributed by atoms with van der Waals surface area (Å²) in [5.41, 5.74) is 2.02. The monoisotopic (exact) mass is 470 g/mol. The summed E-state index contributed by atoms with van der Waals surface area (Å²) in [6.45, 7) is 4.63. The Labute approximate surface area is 169 Å². The van der Waals surface area contributed by atoms with E-state index >= 15 is 0 Å². The number of hydrogen-bond acceptors (Lipinski definition) is 2. The van der Waals surface area contributed by atoms with Crippen LogP contribution in [-0.4, -0.2) is 24.5 Å². The standard InChI is InChI=1S/C19H23FN4O.HI/c1-12-4-7-18(25-12)13(2)24-19(21-3)22-9-8-14-11-23-17-6-5-15(20)10-16(14)17;/h4-7,10-11,13,23H,8-9H2,1-3H3,(H2,21,22,24);1H. The van der Waals surface area contributed by atoms with Crippen molar-refractivity contribution in [2.75, 3.05) is 13.6 Å². The van der Waals surface area contributed by atoms with Crippen molar-refractivity contribution >= 4 is 40.8 Å². The summed E-state index contributed by atoms with van der Waals surface area (Å²) >= 11 is 0. The molecule has 0 bridgehead atoms. The van der Waals surface area contributed by atoms with Crippen molar-refractivity contribution in [2.45, 2.75) is 26.3 Å². The van der Waals surface area contributed by atoms with Crippen molar-refractivity contribution in [3.05, 3.63) is 59.4 Å². The molecule has 1 unspecified atom stereocenters. The van der Waals surface area contributed by atoms with Crippen LogP contribution in [0.5, 0.6) is 0 Å². The molecule has 5 nitrogen and oxygen atoms in total. The summed E-state index contributed by atoms with van der Waals surface area (Å²) in [5, 5.41) is 7.50. The van der Waals surface area contributed by atoms with Gasteiger partial charge in [-0.3, -0.25) is 4.99 Å². The zero-order valence-electron chi connectivity index (χ0n) is 15.1. The molecular formula is C19H24FIN4O. The number of guanidine groups is 1. The van der Waals surface area contributed by atoms with Crippen LogP contribution in [0.1, 0.15) is 30.0 Å². The average molecular weight is 470 g/mol. The van der Waals surface area contributed by atoms with Gasteiger partial charge in [0.15, 0.2) is 5.96 Å². The van der Waals surface area contributed by atoms with E-state index in [4.69, 9.17) is 4.42 Å². The van der Waals surface area contributed by atoms with Crippen LogP contribution >= 0.6 is 24.0 Å². The fraction of sp³-hybridized carbons (Fsp3) is 0.316. The lowest BCUT2D eigenvalue weighted by Crippen LogP contribution is -2.39. The first kappa shape index (κ1) is 20.3. The van der Waals surface area contributed by atoms with Crippen LogP contribution in [0.3, 0.4) is 0 Å². The van der Waals surface area contributed by atoms with Gasteiger partial charge >= 0.3 is 0 Å². The maximum absolute atomic E-state index is 13.4. The number of halogens is 2. The topological polar surface area (TPSA) is 65.3 Å². The molecule has 3 aromatic rings. The second-order valence-corrected chi connectivity index (χ2v) is 6.07. The Balaban J connectivity index is 0.00000243. The van der Waals surface area contributed by atoms with E-state index in [-0.39, 0.29) is 35.8 Å². The van der Waals surface area contributed by atoms with Crippen molar-refractivity contribution < 1.29 is 8.81 Å². The molecule has 0 saturated heterocycles. The number of fused-ring (bicyclic) bond motifs is 1. The van der Waals surface area contributed by atoms with E-state index in [0.29, 0.717) is 12.5 Å². The lowest BCUT2D eigenvalue weighted by atomic mass is 10.1. The minimum atomic E-state index is -0.221. The predicted molar refractivity (Wildman–Crippen MR) is 114 cm³/mol. The van der Waals surface area contributed by atoms with Crippen LogP contribution in [0.2, 0.25) is 0 Å². The van der Waals surface area contributed by atoms with Crippen LogP contribution in [0.25, 0.3) is 10.9 Å². The van der Waals surface area contributed by atoms with Crippen LogP contribution in [0.4, 0.5) is 4.39 Å². The number of nitrogens with zero attached hydrogens (tertiary/aromatic N) is 1. The van der Waals surface area contributed by atoms with Crippen molar-refractivity contribution in [1.82, 2.24) is 15.6 Å². The smallest absolute Gasteiger partial charge is 0.191 e. The maximum Gasteiger partial charge on any atom is 0.191 e. The molecule has 0 amide bonds. The summed E-state index contributed by atoms with van der Waals surface area (Å²) in [7, 11) is 1.73. The van der Waals surface area contributed by atoms with E-state index in [1.807, 2.05) is 32.2 Å². The van der Waals surface area contributed by atoms with Crippen molar-refractivity contribution in [1.29, 1.82) is 0 Å². The molecular weight excluding hydrogens is 446 g/mol. The number of rotatable bonds is 5. The molecule has 140 valence electrons. The number of nitrogens with one attached hydrogen (secondary N) is 3. The van der Waals surface area contributed by atoms with Gasteiger partial charge in [-0.25, -0.2) is 4.39 Å². The molecule has 0 aliphatic carbocycles. The van der Waals surface area contributed by atoms with E-state index in [1.54, 1.807) is 19.2 Å². The lowest BCUT2D eigenvalue weighted by molar-refractivity contribution is 0.441. The van der Waals surface area contributed by atoms with Crippen LogP contribution in [0, 0.1) is 12.7 Å². The number of furan rings is 1. The molecule has 7 heteroatoms. The van der Waals surface area contributed by atoms with Crippen LogP contribution < -0.4 is 10.6 Å². The van der Waals surface area contributed by atoms with Gasteiger partial charge in [0, 0.05) is 30.7 Å². The maximum atomic E-state index is 13.4. The zero-order chi connectivity index (χ0) is 17.8. The van der Waals surface area contributed by atoms with Crippen LogP contribution in [-0.2, 0) is 6.42 Å². The largest absolute Gasteiger partial charge is 0.464 e.